The van der Waals surface area contributed by atoms with Gasteiger partial charge in [0.05, 0.1) is 4.90 Å². The van der Waals surface area contributed by atoms with Crippen LogP contribution in [0.15, 0.2) is 23.1 Å². The summed E-state index contributed by atoms with van der Waals surface area (Å²) in [5.41, 5.74) is 1.82. The molecule has 2 rings (SSSR count). The Morgan fingerprint density at radius 1 is 1.05 bits per heavy atom. The SMILES string of the molecule is CCCCCN1CCN(S(=O)(=O)c2cc(C)ccc2C)CC1. The Hall–Kier alpha value is -0.910. The highest BCUT2D eigenvalue weighted by Crippen LogP contribution is 2.22. The van der Waals surface area contributed by atoms with Crippen LogP contribution < -0.4 is 0 Å². The lowest BCUT2D eigenvalue weighted by Crippen LogP contribution is -2.48. The number of rotatable bonds is 6. The van der Waals surface area contributed by atoms with E-state index in [-0.39, 0.29) is 0 Å². The number of benzene rings is 1. The predicted molar refractivity (Wildman–Crippen MR) is 90.6 cm³/mol. The van der Waals surface area contributed by atoms with E-state index >= 15 is 0 Å². The molecule has 1 heterocycles. The van der Waals surface area contributed by atoms with E-state index in [0.29, 0.717) is 18.0 Å². The fourth-order valence-corrected chi connectivity index (χ4v) is 4.64. The summed E-state index contributed by atoms with van der Waals surface area (Å²) in [6.07, 6.45) is 3.68. The summed E-state index contributed by atoms with van der Waals surface area (Å²) >= 11 is 0. The minimum Gasteiger partial charge on any atom is -0.301 e. The Balaban J connectivity index is 2.02. The van der Waals surface area contributed by atoms with Gasteiger partial charge in [0, 0.05) is 26.2 Å². The first-order valence-corrected chi connectivity index (χ1v) is 9.69. The van der Waals surface area contributed by atoms with E-state index in [1.807, 2.05) is 26.0 Å². The minimum atomic E-state index is -3.36. The molecule has 0 bridgehead atoms. The molecular weight excluding hydrogens is 296 g/mol. The van der Waals surface area contributed by atoms with Crippen LogP contribution in [0.25, 0.3) is 0 Å². The van der Waals surface area contributed by atoms with Gasteiger partial charge in [-0.15, -0.1) is 0 Å². The van der Waals surface area contributed by atoms with E-state index in [2.05, 4.69) is 11.8 Å². The lowest BCUT2D eigenvalue weighted by atomic mass is 10.2. The molecular formula is C17H28N2O2S. The number of nitrogens with zero attached hydrogens (tertiary/aromatic N) is 2. The third-order valence-electron chi connectivity index (χ3n) is 4.37. The summed E-state index contributed by atoms with van der Waals surface area (Å²) in [6, 6.07) is 5.64. The van der Waals surface area contributed by atoms with E-state index in [0.717, 1.165) is 30.8 Å². The zero-order valence-electron chi connectivity index (χ0n) is 14.0. The number of hydrogen-bond acceptors (Lipinski definition) is 3. The topological polar surface area (TPSA) is 40.6 Å². The van der Waals surface area contributed by atoms with Gasteiger partial charge in [-0.3, -0.25) is 0 Å². The maximum atomic E-state index is 12.8. The summed E-state index contributed by atoms with van der Waals surface area (Å²) in [5, 5.41) is 0. The number of sulfonamides is 1. The lowest BCUT2D eigenvalue weighted by Gasteiger charge is -2.34. The third kappa shape index (κ3) is 4.09. The van der Waals surface area contributed by atoms with Crippen LogP contribution in [0.4, 0.5) is 0 Å². The molecule has 124 valence electrons. The van der Waals surface area contributed by atoms with Crippen LogP contribution in [0.1, 0.15) is 37.3 Å². The molecule has 1 fully saturated rings. The molecule has 0 amide bonds. The zero-order valence-corrected chi connectivity index (χ0v) is 14.8. The molecule has 0 aliphatic carbocycles. The molecule has 1 aliphatic heterocycles. The predicted octanol–water partition coefficient (Wildman–Crippen LogP) is 2.80. The highest BCUT2D eigenvalue weighted by Gasteiger charge is 2.29. The van der Waals surface area contributed by atoms with Crippen LogP contribution >= 0.6 is 0 Å². The molecule has 1 aromatic rings. The number of piperazine rings is 1. The Kier molecular flexibility index (Phi) is 6.01. The minimum absolute atomic E-state index is 0.465. The zero-order chi connectivity index (χ0) is 16.2. The Bertz CT molecular complexity index is 591. The maximum Gasteiger partial charge on any atom is 0.243 e. The molecule has 0 aromatic heterocycles. The summed E-state index contributed by atoms with van der Waals surface area (Å²) in [5.74, 6) is 0. The van der Waals surface area contributed by atoms with Crippen molar-refractivity contribution in [3.63, 3.8) is 0 Å². The fourth-order valence-electron chi connectivity index (χ4n) is 2.90. The summed E-state index contributed by atoms with van der Waals surface area (Å²) in [4.78, 5) is 2.84. The lowest BCUT2D eigenvalue weighted by molar-refractivity contribution is 0.185. The van der Waals surface area contributed by atoms with Crippen molar-refractivity contribution < 1.29 is 8.42 Å². The molecule has 0 radical (unpaired) electrons. The fraction of sp³-hybridized carbons (Fsp3) is 0.647. The second-order valence-electron chi connectivity index (χ2n) is 6.22. The largest absolute Gasteiger partial charge is 0.301 e. The van der Waals surface area contributed by atoms with E-state index in [1.54, 1.807) is 10.4 Å². The normalized spacial score (nSPS) is 17.8. The van der Waals surface area contributed by atoms with E-state index < -0.39 is 10.0 Å². The quantitative estimate of drug-likeness (QED) is 0.756. The summed E-state index contributed by atoms with van der Waals surface area (Å²) in [6.45, 7) is 9.97. The first-order valence-electron chi connectivity index (χ1n) is 8.25. The number of unbranched alkanes of at least 4 members (excludes halogenated alkanes) is 2. The van der Waals surface area contributed by atoms with Gasteiger partial charge in [0.15, 0.2) is 0 Å². The molecule has 22 heavy (non-hydrogen) atoms. The van der Waals surface area contributed by atoms with Crippen LogP contribution in [0.2, 0.25) is 0 Å². The van der Waals surface area contributed by atoms with Crippen molar-refractivity contribution in [1.82, 2.24) is 9.21 Å². The van der Waals surface area contributed by atoms with Crippen molar-refractivity contribution in [3.8, 4) is 0 Å². The highest BCUT2D eigenvalue weighted by molar-refractivity contribution is 7.89. The van der Waals surface area contributed by atoms with Crippen LogP contribution in [-0.2, 0) is 10.0 Å². The van der Waals surface area contributed by atoms with Crippen molar-refractivity contribution in [2.75, 3.05) is 32.7 Å². The van der Waals surface area contributed by atoms with Crippen molar-refractivity contribution in [2.45, 2.75) is 44.9 Å². The highest BCUT2D eigenvalue weighted by atomic mass is 32.2. The van der Waals surface area contributed by atoms with Gasteiger partial charge in [-0.25, -0.2) is 8.42 Å². The standard InChI is InChI=1S/C17H28N2O2S/c1-4-5-6-9-18-10-12-19(13-11-18)22(20,21)17-14-15(2)7-8-16(17)3/h7-8,14H,4-6,9-13H2,1-3H3. The van der Waals surface area contributed by atoms with Crippen molar-refractivity contribution in [1.29, 1.82) is 0 Å². The average Bonchev–Trinajstić information content (AvgIpc) is 2.50. The van der Waals surface area contributed by atoms with Crippen molar-refractivity contribution in [3.05, 3.63) is 29.3 Å². The molecule has 0 N–H and O–H groups in total. The van der Waals surface area contributed by atoms with Crippen LogP contribution in [0.5, 0.6) is 0 Å². The molecule has 5 heteroatoms. The molecule has 1 aliphatic rings. The van der Waals surface area contributed by atoms with Gasteiger partial charge in [0.1, 0.15) is 0 Å². The van der Waals surface area contributed by atoms with Crippen LogP contribution in [0.3, 0.4) is 0 Å². The van der Waals surface area contributed by atoms with E-state index in [4.69, 9.17) is 0 Å². The molecule has 0 spiro atoms. The van der Waals surface area contributed by atoms with Gasteiger partial charge in [-0.05, 0) is 44.0 Å². The average molecular weight is 324 g/mol. The van der Waals surface area contributed by atoms with Gasteiger partial charge in [-0.1, -0.05) is 31.9 Å². The van der Waals surface area contributed by atoms with Gasteiger partial charge >= 0.3 is 0 Å². The summed E-state index contributed by atoms with van der Waals surface area (Å²) in [7, 11) is -3.36. The molecule has 4 nitrogen and oxygen atoms in total. The van der Waals surface area contributed by atoms with Crippen molar-refractivity contribution in [2.24, 2.45) is 0 Å². The first-order chi connectivity index (χ1) is 10.4. The first kappa shape index (κ1) is 17.4. The van der Waals surface area contributed by atoms with Crippen LogP contribution in [-0.4, -0.2) is 50.3 Å². The molecule has 1 aromatic carbocycles. The van der Waals surface area contributed by atoms with Gasteiger partial charge in [-0.2, -0.15) is 4.31 Å². The second kappa shape index (κ2) is 7.57. The molecule has 0 unspecified atom stereocenters. The van der Waals surface area contributed by atoms with Gasteiger partial charge in [0.25, 0.3) is 0 Å². The second-order valence-corrected chi connectivity index (χ2v) is 8.13. The molecule has 0 atom stereocenters. The van der Waals surface area contributed by atoms with Gasteiger partial charge in [0.2, 0.25) is 10.0 Å². The Labute approximate surface area is 135 Å². The molecule has 1 saturated heterocycles. The smallest absolute Gasteiger partial charge is 0.243 e. The summed E-state index contributed by atoms with van der Waals surface area (Å²) < 4.78 is 27.3. The van der Waals surface area contributed by atoms with Crippen LogP contribution in [0, 0.1) is 13.8 Å². The van der Waals surface area contributed by atoms with Crippen molar-refractivity contribution >= 4 is 10.0 Å². The Morgan fingerprint density at radius 3 is 2.36 bits per heavy atom. The van der Waals surface area contributed by atoms with E-state index in [9.17, 15) is 8.42 Å². The van der Waals surface area contributed by atoms with Gasteiger partial charge < -0.3 is 4.90 Å². The third-order valence-corrected chi connectivity index (χ3v) is 6.41. The monoisotopic (exact) mass is 324 g/mol. The Morgan fingerprint density at radius 2 is 1.73 bits per heavy atom. The maximum absolute atomic E-state index is 12.8. The number of aryl methyl sites for hydroxylation is 2. The molecule has 0 saturated carbocycles. The van der Waals surface area contributed by atoms with E-state index in [1.165, 1.54) is 19.3 Å². The number of hydrogen-bond donors (Lipinski definition) is 0.